The van der Waals surface area contributed by atoms with E-state index in [9.17, 15) is 0 Å². The standard InChI is InChI=1S/C50H93S2/c1-3-5-7-9-11-13-15-17-19-21-23-25-27-29-31-33-35-37-39-43-47-51-49-45-41-42-46-50(49)52-48-44-40-38-36-34-32-30-28-26-24-22-20-18-16-14-12-10-8-6-4-2/h41-42,45H,3-40,43-44,47-48H2,1-2H3. The quantitative estimate of drug-likeness (QED) is 0.0480. The van der Waals surface area contributed by atoms with Crippen molar-refractivity contribution in [1.29, 1.82) is 0 Å². The van der Waals surface area contributed by atoms with Gasteiger partial charge in [0.25, 0.3) is 0 Å². The first-order valence-electron chi connectivity index (χ1n) is 24.1. The van der Waals surface area contributed by atoms with Crippen molar-refractivity contribution in [2.75, 3.05) is 11.5 Å². The van der Waals surface area contributed by atoms with E-state index >= 15 is 0 Å². The lowest BCUT2D eigenvalue weighted by Gasteiger charge is -2.09. The zero-order valence-electron chi connectivity index (χ0n) is 35.7. The van der Waals surface area contributed by atoms with Crippen molar-refractivity contribution in [3.63, 3.8) is 0 Å². The van der Waals surface area contributed by atoms with Crippen LogP contribution in [-0.4, -0.2) is 11.5 Å². The smallest absolute Gasteiger partial charge is 0.0287 e. The molecule has 0 saturated heterocycles. The van der Waals surface area contributed by atoms with Crippen molar-refractivity contribution in [3.8, 4) is 0 Å². The van der Waals surface area contributed by atoms with Crippen LogP contribution >= 0.6 is 23.5 Å². The Labute approximate surface area is 338 Å². The Balaban J connectivity index is 1.82. The second kappa shape index (κ2) is 43.6. The van der Waals surface area contributed by atoms with Crippen molar-refractivity contribution >= 4 is 23.5 Å². The van der Waals surface area contributed by atoms with Gasteiger partial charge in [-0.3, -0.25) is 0 Å². The van der Waals surface area contributed by atoms with E-state index in [0.29, 0.717) is 0 Å². The van der Waals surface area contributed by atoms with E-state index in [4.69, 9.17) is 0 Å². The van der Waals surface area contributed by atoms with E-state index in [1.54, 1.807) is 0 Å². The normalized spacial score (nSPS) is 11.6. The highest BCUT2D eigenvalue weighted by molar-refractivity contribution is 8.02. The van der Waals surface area contributed by atoms with Crippen LogP contribution in [0, 0.1) is 6.07 Å². The Morgan fingerprint density at radius 2 is 0.577 bits per heavy atom. The largest absolute Gasteiger partial charge is 0.125 e. The van der Waals surface area contributed by atoms with E-state index < -0.39 is 0 Å². The minimum absolute atomic E-state index is 1.26. The fourth-order valence-electron chi connectivity index (χ4n) is 7.70. The summed E-state index contributed by atoms with van der Waals surface area (Å²) in [5.74, 6) is 2.52. The summed E-state index contributed by atoms with van der Waals surface area (Å²) in [6.07, 6.45) is 58.2. The van der Waals surface area contributed by atoms with Gasteiger partial charge in [-0.1, -0.05) is 270 Å². The molecule has 2 heteroatoms. The Morgan fingerprint density at radius 3 is 0.865 bits per heavy atom. The Kier molecular flexibility index (Phi) is 41.9. The number of rotatable bonds is 44. The molecule has 0 aliphatic heterocycles. The average molecular weight is 758 g/mol. The first-order valence-corrected chi connectivity index (χ1v) is 26.1. The van der Waals surface area contributed by atoms with Crippen LogP contribution in [0.4, 0.5) is 0 Å². The second-order valence-electron chi connectivity index (χ2n) is 16.5. The summed E-state index contributed by atoms with van der Waals surface area (Å²) < 4.78 is 0. The second-order valence-corrected chi connectivity index (χ2v) is 18.7. The van der Waals surface area contributed by atoms with Gasteiger partial charge >= 0.3 is 0 Å². The number of unbranched alkanes of at least 4 members (excludes halogenated alkanes) is 38. The maximum Gasteiger partial charge on any atom is 0.0287 e. The van der Waals surface area contributed by atoms with Crippen molar-refractivity contribution in [1.82, 2.24) is 0 Å². The zero-order valence-corrected chi connectivity index (χ0v) is 37.4. The molecule has 0 fully saturated rings. The van der Waals surface area contributed by atoms with Gasteiger partial charge in [0, 0.05) is 9.79 Å². The van der Waals surface area contributed by atoms with Gasteiger partial charge in [0.15, 0.2) is 0 Å². The topological polar surface area (TPSA) is 0 Å². The molecule has 305 valence electrons. The van der Waals surface area contributed by atoms with Gasteiger partial charge in [-0.2, -0.15) is 0 Å². The van der Waals surface area contributed by atoms with Crippen LogP contribution in [0.1, 0.15) is 271 Å². The van der Waals surface area contributed by atoms with Crippen LogP contribution < -0.4 is 0 Å². The summed E-state index contributed by atoms with van der Waals surface area (Å²) in [7, 11) is 0. The van der Waals surface area contributed by atoms with Crippen LogP contribution in [0.2, 0.25) is 0 Å². The van der Waals surface area contributed by atoms with Crippen LogP contribution in [0.15, 0.2) is 28.0 Å². The van der Waals surface area contributed by atoms with Gasteiger partial charge in [0.05, 0.1) is 0 Å². The monoisotopic (exact) mass is 758 g/mol. The molecule has 0 aliphatic carbocycles. The molecule has 1 rings (SSSR count). The minimum Gasteiger partial charge on any atom is -0.125 e. The summed E-state index contributed by atoms with van der Waals surface area (Å²) in [4.78, 5) is 2.87. The van der Waals surface area contributed by atoms with Crippen molar-refractivity contribution in [3.05, 3.63) is 24.3 Å². The van der Waals surface area contributed by atoms with Crippen LogP contribution in [0.5, 0.6) is 0 Å². The number of thioether (sulfide) groups is 2. The first-order chi connectivity index (χ1) is 25.9. The summed E-state index contributed by atoms with van der Waals surface area (Å²) >= 11 is 4.13. The molecule has 0 aromatic heterocycles. The predicted molar refractivity (Wildman–Crippen MR) is 243 cm³/mol. The highest BCUT2D eigenvalue weighted by atomic mass is 32.2. The molecule has 1 aromatic rings. The SMILES string of the molecule is CCCCCCCCCCCCCCCCCCCCCCSc1[c]cccc1SCCCCCCCCCCCCCCCCCCCCCC. The van der Waals surface area contributed by atoms with Crippen molar-refractivity contribution < 1.29 is 0 Å². The summed E-state index contributed by atoms with van der Waals surface area (Å²) in [5, 5.41) is 0. The van der Waals surface area contributed by atoms with E-state index in [0.717, 1.165) is 0 Å². The van der Waals surface area contributed by atoms with Crippen LogP contribution in [0.25, 0.3) is 0 Å². The third-order valence-corrected chi connectivity index (χ3v) is 13.7. The van der Waals surface area contributed by atoms with Crippen LogP contribution in [0.3, 0.4) is 0 Å². The molecule has 52 heavy (non-hydrogen) atoms. The zero-order chi connectivity index (χ0) is 37.1. The van der Waals surface area contributed by atoms with Crippen molar-refractivity contribution in [2.24, 2.45) is 0 Å². The third kappa shape index (κ3) is 36.9. The highest BCUT2D eigenvalue weighted by Crippen LogP contribution is 2.32. The van der Waals surface area contributed by atoms with E-state index in [2.05, 4.69) is 61.6 Å². The van der Waals surface area contributed by atoms with Gasteiger partial charge in [-0.15, -0.1) is 23.5 Å². The molecular weight excluding hydrogens is 665 g/mol. The first kappa shape index (κ1) is 49.9. The van der Waals surface area contributed by atoms with E-state index in [1.165, 1.54) is 278 Å². The fourth-order valence-corrected chi connectivity index (χ4v) is 9.90. The number of hydrogen-bond acceptors (Lipinski definition) is 2. The Morgan fingerprint density at radius 1 is 0.327 bits per heavy atom. The molecule has 0 heterocycles. The molecular formula is C50H93S2. The van der Waals surface area contributed by atoms with Gasteiger partial charge in [-0.25, -0.2) is 0 Å². The molecule has 0 spiro atoms. The predicted octanol–water partition coefficient (Wildman–Crippen LogP) is 19.3. The van der Waals surface area contributed by atoms with Crippen molar-refractivity contribution in [2.45, 2.75) is 280 Å². The molecule has 0 unspecified atom stereocenters. The van der Waals surface area contributed by atoms with Gasteiger partial charge in [0.1, 0.15) is 0 Å². The van der Waals surface area contributed by atoms with Gasteiger partial charge in [-0.05, 0) is 36.5 Å². The lowest BCUT2D eigenvalue weighted by molar-refractivity contribution is 0.523. The lowest BCUT2D eigenvalue weighted by Crippen LogP contribution is -1.87. The molecule has 0 N–H and O–H groups in total. The number of benzene rings is 1. The summed E-state index contributed by atoms with van der Waals surface area (Å²) in [6.45, 7) is 4.62. The third-order valence-electron chi connectivity index (χ3n) is 11.3. The lowest BCUT2D eigenvalue weighted by atomic mass is 10.0. The van der Waals surface area contributed by atoms with E-state index in [1.807, 2.05) is 0 Å². The molecule has 1 aromatic carbocycles. The molecule has 0 atom stereocenters. The Hall–Kier alpha value is -0.0800. The molecule has 0 aliphatic rings. The Bertz CT molecular complexity index is 725. The summed E-state index contributed by atoms with van der Waals surface area (Å²) in [5.41, 5.74) is 0. The van der Waals surface area contributed by atoms with Gasteiger partial charge < -0.3 is 0 Å². The average Bonchev–Trinajstić information content (AvgIpc) is 3.16. The fraction of sp³-hybridized carbons (Fsp3) is 0.880. The minimum atomic E-state index is 1.26. The molecule has 0 amide bonds. The van der Waals surface area contributed by atoms with E-state index in [-0.39, 0.29) is 0 Å². The van der Waals surface area contributed by atoms with Crippen LogP contribution in [-0.2, 0) is 0 Å². The molecule has 0 bridgehead atoms. The molecule has 0 nitrogen and oxygen atoms in total. The molecule has 1 radical (unpaired) electrons. The molecule has 0 saturated carbocycles. The van der Waals surface area contributed by atoms with Gasteiger partial charge in [0.2, 0.25) is 0 Å². The maximum absolute atomic E-state index is 3.56. The number of hydrogen-bond donors (Lipinski definition) is 0. The maximum atomic E-state index is 3.56. The summed E-state index contributed by atoms with van der Waals surface area (Å²) in [6, 6.07) is 10.2. The highest BCUT2D eigenvalue weighted by Gasteiger charge is 2.04.